The maximum Gasteiger partial charge on any atom is 0.246 e. The Kier molecular flexibility index (Phi) is 76.0. The van der Waals surface area contributed by atoms with Crippen molar-refractivity contribution in [3.63, 3.8) is 0 Å². The van der Waals surface area contributed by atoms with Crippen molar-refractivity contribution in [2.24, 2.45) is 5.73 Å². The highest BCUT2D eigenvalue weighted by Gasteiger charge is 2.12. The first-order valence-corrected chi connectivity index (χ1v) is 35.9. The molecule has 13 N–H and O–H groups in total. The van der Waals surface area contributed by atoms with Crippen molar-refractivity contribution >= 4 is 70.9 Å². The van der Waals surface area contributed by atoms with E-state index in [0.717, 1.165) is 0 Å². The van der Waals surface area contributed by atoms with Crippen molar-refractivity contribution in [1.82, 2.24) is 58.5 Å². The number of amides is 12. The SMILES string of the molecule is CNC(=O)COCC(=O)NCCOCCOCCOCCNC(=O)COCC(=O)NCCOCCOCCOCCNC(=O)COCC(=O)NCCOCCOCCOCCNC(=O)COCC(=O)NCCOCCOCCOCCNC(=O)COCC(=O)NCCOCCOCCOCCNC(=O)COCC(N)=O. The number of hydrogen-bond acceptors (Lipinski definition) is 33. The van der Waals surface area contributed by atoms with Gasteiger partial charge in [-0.15, -0.1) is 0 Å². The molecule has 0 saturated heterocycles. The smallest absolute Gasteiger partial charge is 0.246 e. The lowest BCUT2D eigenvalue weighted by Crippen LogP contribution is -2.34. The van der Waals surface area contributed by atoms with E-state index in [2.05, 4.69) is 58.5 Å². The van der Waals surface area contributed by atoms with Gasteiger partial charge in [-0.2, -0.15) is 0 Å². The fourth-order valence-electron chi connectivity index (χ4n) is 7.34. The second-order valence-electron chi connectivity index (χ2n) is 21.8. The third kappa shape index (κ3) is 81.8. The number of nitrogens with two attached hydrogens (primary N) is 1. The van der Waals surface area contributed by atoms with E-state index in [0.29, 0.717) is 79.3 Å². The van der Waals surface area contributed by atoms with Gasteiger partial charge in [0.1, 0.15) is 79.3 Å². The molecule has 0 aromatic carbocycles. The molecule has 0 aliphatic heterocycles. The first kappa shape index (κ1) is 103. The van der Waals surface area contributed by atoms with Crippen molar-refractivity contribution < 1.29 is 157 Å². The molecular formula is C65H120N12O33. The minimum Gasteiger partial charge on any atom is -0.377 e. The second kappa shape index (κ2) is 81.3. The summed E-state index contributed by atoms with van der Waals surface area (Å²) in [5.41, 5.74) is 4.92. The maximum absolute atomic E-state index is 12.0. The van der Waals surface area contributed by atoms with Crippen LogP contribution in [0.5, 0.6) is 0 Å². The number of carbonyl (C=O) groups excluding carboxylic acids is 12. The molecule has 0 aliphatic carbocycles. The van der Waals surface area contributed by atoms with E-state index in [4.69, 9.17) is 105 Å². The molecule has 110 heavy (non-hydrogen) atoms. The summed E-state index contributed by atoms with van der Waals surface area (Å²) in [5.74, 6) is -5.02. The average molecular weight is 1600 g/mol. The van der Waals surface area contributed by atoms with Gasteiger partial charge in [0.15, 0.2) is 0 Å². The van der Waals surface area contributed by atoms with Crippen LogP contribution in [-0.4, -0.2) is 421 Å². The molecule has 12 amide bonds. The van der Waals surface area contributed by atoms with Crippen molar-refractivity contribution in [2.75, 3.05) is 350 Å². The van der Waals surface area contributed by atoms with Crippen LogP contribution < -0.4 is 64.2 Å². The largest absolute Gasteiger partial charge is 0.377 e. The number of ether oxygens (including phenoxy) is 21. The Bertz CT molecular complexity index is 2360. The van der Waals surface area contributed by atoms with Crippen LogP contribution in [0.2, 0.25) is 0 Å². The number of carbonyl (C=O) groups is 12. The van der Waals surface area contributed by atoms with Crippen LogP contribution >= 0.6 is 0 Å². The lowest BCUT2D eigenvalue weighted by Gasteiger charge is -2.10. The number of likely N-dealkylation sites (N-methyl/N-ethyl adjacent to an activating group) is 1. The lowest BCUT2D eigenvalue weighted by molar-refractivity contribution is -0.132. The Morgan fingerprint density at radius 2 is 0.273 bits per heavy atom. The van der Waals surface area contributed by atoms with E-state index in [1.807, 2.05) is 0 Å². The van der Waals surface area contributed by atoms with E-state index >= 15 is 0 Å². The predicted molar refractivity (Wildman–Crippen MR) is 381 cm³/mol. The van der Waals surface area contributed by atoms with Crippen LogP contribution in [0.3, 0.4) is 0 Å². The van der Waals surface area contributed by atoms with Crippen molar-refractivity contribution in [1.29, 1.82) is 0 Å². The van der Waals surface area contributed by atoms with Gasteiger partial charge < -0.3 is 164 Å². The Hall–Kier alpha value is -7.20. The maximum atomic E-state index is 12.0. The van der Waals surface area contributed by atoms with Crippen LogP contribution in [0.4, 0.5) is 0 Å². The van der Waals surface area contributed by atoms with E-state index in [9.17, 15) is 57.5 Å². The Balaban J connectivity index is 3.43. The van der Waals surface area contributed by atoms with Gasteiger partial charge in [-0.1, -0.05) is 0 Å². The zero-order chi connectivity index (χ0) is 80.3. The highest BCUT2D eigenvalue weighted by atomic mass is 16.6. The zero-order valence-corrected chi connectivity index (χ0v) is 63.3. The molecule has 0 spiro atoms. The minimum atomic E-state index is -0.659. The van der Waals surface area contributed by atoms with Crippen LogP contribution in [0.15, 0.2) is 0 Å². The van der Waals surface area contributed by atoms with E-state index in [-0.39, 0.29) is 281 Å². The van der Waals surface area contributed by atoms with Crippen molar-refractivity contribution in [2.45, 2.75) is 0 Å². The monoisotopic (exact) mass is 1600 g/mol. The summed E-state index contributed by atoms with van der Waals surface area (Å²) >= 11 is 0. The standard InChI is InChI=1S/C65H120N12O33/c1-67-55(79)43-106-45-57(81)69-3-13-91-23-33-101-35-25-93-15-5-71-59(83)47-108-49-61(85)73-7-17-95-27-37-103-39-29-97-19-9-75-63(87)51-110-53-65(89)77-11-21-99-31-41-104-40-30-98-20-10-76-64(88)52-109-50-62(86)74-8-18-96-28-38-102-36-26-94-16-6-72-60(84)48-107-46-58(82)70-4-14-92-24-34-100-32-22-90-12-2-68-56(80)44-105-42-54(66)78/h2-53H2,1H3,(H2,66,78)(H,67,79)(H,68,80)(H,69,81)(H,70,82)(H,71,83)(H,72,84)(H,73,85)(H,74,86)(H,75,87)(H,76,88)(H,77,89). The van der Waals surface area contributed by atoms with Gasteiger partial charge in [-0.05, 0) is 0 Å². The first-order chi connectivity index (χ1) is 53.6. The molecule has 638 valence electrons. The van der Waals surface area contributed by atoms with E-state index in [1.165, 1.54) is 7.05 Å². The Morgan fingerprint density at radius 3 is 0.391 bits per heavy atom. The summed E-state index contributed by atoms with van der Waals surface area (Å²) in [6, 6.07) is 0. The topological polar surface area (TPSA) is 557 Å². The summed E-state index contributed by atoms with van der Waals surface area (Å²) in [4.78, 5) is 140. The van der Waals surface area contributed by atoms with Crippen LogP contribution in [0.25, 0.3) is 0 Å². The van der Waals surface area contributed by atoms with Crippen LogP contribution in [0.1, 0.15) is 0 Å². The Morgan fingerprint density at radius 1 is 0.164 bits per heavy atom. The highest BCUT2D eigenvalue weighted by Crippen LogP contribution is 1.90. The zero-order valence-electron chi connectivity index (χ0n) is 63.3. The summed E-state index contributed by atoms with van der Waals surface area (Å²) in [5, 5.41) is 28.5. The summed E-state index contributed by atoms with van der Waals surface area (Å²) in [6.07, 6.45) is 0. The van der Waals surface area contributed by atoms with Gasteiger partial charge in [0.2, 0.25) is 70.9 Å². The van der Waals surface area contributed by atoms with Gasteiger partial charge in [-0.3, -0.25) is 57.5 Å². The fourth-order valence-corrected chi connectivity index (χ4v) is 7.34. The summed E-state index contributed by atoms with van der Waals surface area (Å²) in [6.45, 7) is 7.36. The van der Waals surface area contributed by atoms with Crippen LogP contribution in [-0.2, 0) is 157 Å². The molecule has 0 unspecified atom stereocenters. The molecule has 0 aromatic rings. The number of rotatable bonds is 84. The third-order valence-corrected chi connectivity index (χ3v) is 12.5. The minimum absolute atomic E-state index is 0.193. The molecule has 45 heteroatoms. The van der Waals surface area contributed by atoms with Crippen molar-refractivity contribution in [3.8, 4) is 0 Å². The third-order valence-electron chi connectivity index (χ3n) is 12.5. The van der Waals surface area contributed by atoms with Gasteiger partial charge in [0.05, 0.1) is 198 Å². The lowest BCUT2D eigenvalue weighted by atomic mass is 10.5. The van der Waals surface area contributed by atoms with Gasteiger partial charge in [-0.25, -0.2) is 0 Å². The first-order valence-electron chi connectivity index (χ1n) is 35.9. The molecule has 0 rings (SSSR count). The summed E-state index contributed by atoms with van der Waals surface area (Å²) in [7, 11) is 1.47. The van der Waals surface area contributed by atoms with E-state index < -0.39 is 53.2 Å². The molecule has 0 aliphatic rings. The average Bonchev–Trinajstić information content (AvgIpc) is 1.47. The molecule has 0 radical (unpaired) electrons. The normalized spacial score (nSPS) is 11.0. The Labute approximate surface area is 640 Å². The molecule has 0 atom stereocenters. The molecule has 0 heterocycles. The molecular weight excluding hydrogens is 1480 g/mol. The van der Waals surface area contributed by atoms with Gasteiger partial charge in [0, 0.05) is 72.5 Å². The molecule has 45 nitrogen and oxygen atoms in total. The van der Waals surface area contributed by atoms with Crippen molar-refractivity contribution in [3.05, 3.63) is 0 Å². The quantitative estimate of drug-likeness (QED) is 0.0252. The van der Waals surface area contributed by atoms with Gasteiger partial charge >= 0.3 is 0 Å². The number of nitrogens with one attached hydrogen (secondary N) is 11. The number of primary amides is 1. The predicted octanol–water partition coefficient (Wildman–Crippen LogP) is -10.3. The molecule has 0 bridgehead atoms. The second-order valence-corrected chi connectivity index (χ2v) is 21.8. The molecule has 0 saturated carbocycles. The highest BCUT2D eigenvalue weighted by molar-refractivity contribution is 5.82. The molecule has 0 aromatic heterocycles. The van der Waals surface area contributed by atoms with E-state index in [1.54, 1.807) is 0 Å². The number of hydrogen-bond donors (Lipinski definition) is 12. The fraction of sp³-hybridized carbons (Fsp3) is 0.815. The summed E-state index contributed by atoms with van der Waals surface area (Å²) < 4.78 is 111. The molecule has 0 fully saturated rings. The van der Waals surface area contributed by atoms with Crippen LogP contribution in [0, 0.1) is 0 Å². The van der Waals surface area contributed by atoms with Gasteiger partial charge in [0.25, 0.3) is 0 Å².